The molecule has 0 aromatic heterocycles. The number of nitrogens with two attached hydrogens (primary N) is 1. The van der Waals surface area contributed by atoms with E-state index in [4.69, 9.17) is 15.9 Å². The lowest BCUT2D eigenvalue weighted by Crippen LogP contribution is -2.38. The molecule has 0 spiro atoms. The van der Waals surface area contributed by atoms with Crippen molar-refractivity contribution in [3.8, 4) is 11.5 Å². The highest BCUT2D eigenvalue weighted by molar-refractivity contribution is 6.00. The molecule has 3 aromatic rings. The fourth-order valence-corrected chi connectivity index (χ4v) is 3.25. The van der Waals surface area contributed by atoms with E-state index in [1.54, 1.807) is 36.4 Å². The molecule has 32 heavy (non-hydrogen) atoms. The number of amides is 1. The van der Waals surface area contributed by atoms with Crippen molar-refractivity contribution in [1.29, 1.82) is 5.41 Å². The maximum Gasteiger partial charge on any atom is 0.244 e. The molecule has 166 valence electrons. The topological polar surface area (TPSA) is 112 Å². The van der Waals surface area contributed by atoms with Gasteiger partial charge in [0, 0.05) is 11.6 Å². The fourth-order valence-electron chi connectivity index (χ4n) is 3.25. The van der Waals surface area contributed by atoms with E-state index in [9.17, 15) is 9.90 Å². The van der Waals surface area contributed by atoms with E-state index in [2.05, 4.69) is 5.32 Å². The fraction of sp³-hybridized carbons (Fsp3) is 0.200. The van der Waals surface area contributed by atoms with E-state index in [0.717, 1.165) is 5.56 Å². The van der Waals surface area contributed by atoms with E-state index >= 15 is 0 Å². The number of phenols is 1. The summed E-state index contributed by atoms with van der Waals surface area (Å²) in [5, 5.41) is 20.8. The average Bonchev–Trinajstić information content (AvgIpc) is 2.77. The van der Waals surface area contributed by atoms with E-state index in [0.29, 0.717) is 29.3 Å². The second kappa shape index (κ2) is 10.3. The number of aromatic hydroxyl groups is 1. The minimum Gasteiger partial charge on any atom is -0.506 e. The molecule has 0 unspecified atom stereocenters. The quantitative estimate of drug-likeness (QED) is 0.300. The van der Waals surface area contributed by atoms with Crippen LogP contribution in [-0.4, -0.2) is 29.4 Å². The van der Waals surface area contributed by atoms with Crippen LogP contribution in [-0.2, 0) is 11.4 Å². The molecular weight excluding hydrogens is 404 g/mol. The Balaban J connectivity index is 1.80. The molecule has 0 saturated carbocycles. The largest absolute Gasteiger partial charge is 0.506 e. The number of ether oxygens (including phenoxy) is 1. The summed E-state index contributed by atoms with van der Waals surface area (Å²) in [5.41, 5.74) is 8.12. The third-order valence-electron chi connectivity index (χ3n) is 4.93. The summed E-state index contributed by atoms with van der Waals surface area (Å²) in [6, 6.07) is 21.6. The molecule has 0 aliphatic rings. The van der Waals surface area contributed by atoms with Gasteiger partial charge in [0.25, 0.3) is 0 Å². The van der Waals surface area contributed by atoms with Crippen molar-refractivity contribution in [2.45, 2.75) is 26.5 Å². The Morgan fingerprint density at radius 3 is 2.44 bits per heavy atom. The molecule has 5 N–H and O–H groups in total. The van der Waals surface area contributed by atoms with Gasteiger partial charge >= 0.3 is 0 Å². The molecule has 7 heteroatoms. The van der Waals surface area contributed by atoms with Gasteiger partial charge in [-0.15, -0.1) is 0 Å². The van der Waals surface area contributed by atoms with Gasteiger partial charge in [0.15, 0.2) is 0 Å². The standard InChI is InChI=1S/C25H28N4O3/c1-17(2)29(21-10-6-7-11-22(21)30)15-24(31)28-20-14-19(25(26)27)12-13-23(20)32-16-18-8-4-3-5-9-18/h3-14,17,30H,15-16H2,1-2H3,(H3,26,27)(H,28,31). The first kappa shape index (κ1) is 22.7. The zero-order chi connectivity index (χ0) is 23.1. The average molecular weight is 433 g/mol. The number of hydrogen-bond donors (Lipinski definition) is 4. The van der Waals surface area contributed by atoms with Crippen molar-refractivity contribution >= 4 is 23.1 Å². The molecule has 1 amide bonds. The van der Waals surface area contributed by atoms with Crippen molar-refractivity contribution in [3.63, 3.8) is 0 Å². The van der Waals surface area contributed by atoms with Gasteiger partial charge in [0.2, 0.25) is 5.91 Å². The lowest BCUT2D eigenvalue weighted by molar-refractivity contribution is -0.115. The van der Waals surface area contributed by atoms with Crippen molar-refractivity contribution < 1.29 is 14.6 Å². The number of anilines is 2. The van der Waals surface area contributed by atoms with Crippen LogP contribution in [0.5, 0.6) is 11.5 Å². The first-order valence-electron chi connectivity index (χ1n) is 10.3. The summed E-state index contributed by atoms with van der Waals surface area (Å²) >= 11 is 0. The minimum absolute atomic E-state index is 0.0218. The maximum absolute atomic E-state index is 12.9. The van der Waals surface area contributed by atoms with Crippen LogP contribution in [0, 0.1) is 5.41 Å². The monoisotopic (exact) mass is 432 g/mol. The first-order chi connectivity index (χ1) is 15.3. The Labute approximate surface area is 188 Å². The number of nitrogens with zero attached hydrogens (tertiary/aromatic N) is 1. The van der Waals surface area contributed by atoms with Gasteiger partial charge < -0.3 is 25.8 Å². The van der Waals surface area contributed by atoms with Gasteiger partial charge in [-0.3, -0.25) is 10.2 Å². The number of benzene rings is 3. The minimum atomic E-state index is -0.285. The normalized spacial score (nSPS) is 10.6. The molecule has 3 aromatic carbocycles. The van der Waals surface area contributed by atoms with Gasteiger partial charge in [-0.2, -0.15) is 0 Å². The summed E-state index contributed by atoms with van der Waals surface area (Å²) in [6.45, 7) is 4.26. The van der Waals surface area contributed by atoms with Crippen molar-refractivity contribution in [2.75, 3.05) is 16.8 Å². The van der Waals surface area contributed by atoms with E-state index < -0.39 is 0 Å². The van der Waals surface area contributed by atoms with Crippen LogP contribution in [0.25, 0.3) is 0 Å². The maximum atomic E-state index is 12.9. The predicted molar refractivity (Wildman–Crippen MR) is 127 cm³/mol. The van der Waals surface area contributed by atoms with Gasteiger partial charge in [-0.05, 0) is 49.7 Å². The predicted octanol–water partition coefficient (Wildman–Crippen LogP) is 4.11. The molecule has 0 aliphatic carbocycles. The number of hydrogen-bond acceptors (Lipinski definition) is 5. The summed E-state index contributed by atoms with van der Waals surface area (Å²) < 4.78 is 5.94. The van der Waals surface area contributed by atoms with Crippen molar-refractivity contribution in [3.05, 3.63) is 83.9 Å². The Bertz CT molecular complexity index is 1080. The number of rotatable bonds is 9. The van der Waals surface area contributed by atoms with Gasteiger partial charge in [0.1, 0.15) is 23.9 Å². The molecule has 0 bridgehead atoms. The Morgan fingerprint density at radius 1 is 1.09 bits per heavy atom. The van der Waals surface area contributed by atoms with Crippen LogP contribution in [0.1, 0.15) is 25.0 Å². The molecule has 7 nitrogen and oxygen atoms in total. The molecule has 0 heterocycles. The summed E-state index contributed by atoms with van der Waals surface area (Å²) in [7, 11) is 0. The summed E-state index contributed by atoms with van der Waals surface area (Å²) in [4.78, 5) is 14.8. The Hall–Kier alpha value is -4.00. The molecule has 0 aliphatic heterocycles. The number of phenolic OH excluding ortho intramolecular Hbond substituents is 1. The van der Waals surface area contributed by atoms with E-state index in [1.807, 2.05) is 55.1 Å². The smallest absolute Gasteiger partial charge is 0.244 e. The third kappa shape index (κ3) is 5.78. The van der Waals surface area contributed by atoms with Gasteiger partial charge in [-0.25, -0.2) is 0 Å². The molecule has 0 radical (unpaired) electrons. The van der Waals surface area contributed by atoms with Gasteiger partial charge in [-0.1, -0.05) is 42.5 Å². The molecule has 0 fully saturated rings. The summed E-state index contributed by atoms with van der Waals surface area (Å²) in [6.07, 6.45) is 0. The second-order valence-corrected chi connectivity index (χ2v) is 7.66. The van der Waals surface area contributed by atoms with E-state index in [-0.39, 0.29) is 30.1 Å². The van der Waals surface area contributed by atoms with Crippen molar-refractivity contribution in [1.82, 2.24) is 0 Å². The zero-order valence-electron chi connectivity index (χ0n) is 18.2. The molecule has 0 saturated heterocycles. The lowest BCUT2D eigenvalue weighted by Gasteiger charge is -2.29. The number of nitrogen functional groups attached to an aromatic ring is 1. The third-order valence-corrected chi connectivity index (χ3v) is 4.93. The Morgan fingerprint density at radius 2 is 1.78 bits per heavy atom. The van der Waals surface area contributed by atoms with Crippen LogP contribution in [0.4, 0.5) is 11.4 Å². The van der Waals surface area contributed by atoms with Crippen molar-refractivity contribution in [2.24, 2.45) is 5.73 Å². The number of carbonyl (C=O) groups is 1. The highest BCUT2D eigenvalue weighted by Crippen LogP contribution is 2.29. The van der Waals surface area contributed by atoms with Crippen LogP contribution < -0.4 is 20.7 Å². The van der Waals surface area contributed by atoms with Crippen LogP contribution in [0.3, 0.4) is 0 Å². The lowest BCUT2D eigenvalue weighted by atomic mass is 10.1. The SMILES string of the molecule is CC(C)N(CC(=O)Nc1cc(C(=N)N)ccc1OCc1ccccc1)c1ccccc1O. The highest BCUT2D eigenvalue weighted by Gasteiger charge is 2.19. The first-order valence-corrected chi connectivity index (χ1v) is 10.3. The van der Waals surface area contributed by atoms with Crippen LogP contribution in [0.2, 0.25) is 0 Å². The number of para-hydroxylation sites is 2. The van der Waals surface area contributed by atoms with E-state index in [1.165, 1.54) is 0 Å². The Kier molecular flexibility index (Phi) is 7.33. The zero-order valence-corrected chi connectivity index (χ0v) is 18.2. The van der Waals surface area contributed by atoms with Crippen LogP contribution >= 0.6 is 0 Å². The second-order valence-electron chi connectivity index (χ2n) is 7.66. The van der Waals surface area contributed by atoms with Gasteiger partial charge in [0.05, 0.1) is 17.9 Å². The molecule has 3 rings (SSSR count). The summed E-state index contributed by atoms with van der Waals surface area (Å²) in [5.74, 6) is 0.200. The highest BCUT2D eigenvalue weighted by atomic mass is 16.5. The number of amidine groups is 1. The van der Waals surface area contributed by atoms with Crippen LogP contribution in [0.15, 0.2) is 72.8 Å². The molecular formula is C25H28N4O3. The number of carbonyl (C=O) groups excluding carboxylic acids is 1. The number of nitrogens with one attached hydrogen (secondary N) is 2. The molecule has 0 atom stereocenters.